The van der Waals surface area contributed by atoms with Gasteiger partial charge >= 0.3 is 6.03 Å². The number of aromatic nitrogens is 1. The molecule has 2 saturated heterocycles. The summed E-state index contributed by atoms with van der Waals surface area (Å²) in [5.74, 6) is 0.135. The molecule has 0 spiro atoms. The van der Waals surface area contributed by atoms with E-state index in [1.807, 2.05) is 24.3 Å². The van der Waals surface area contributed by atoms with E-state index in [2.05, 4.69) is 9.88 Å². The molecule has 2 N–H and O–H groups in total. The van der Waals surface area contributed by atoms with Gasteiger partial charge in [-0.25, -0.2) is 14.2 Å². The Morgan fingerprint density at radius 1 is 1.25 bits per heavy atom. The highest BCUT2D eigenvalue weighted by Gasteiger charge is 2.44. The third-order valence-corrected chi connectivity index (χ3v) is 6.43. The van der Waals surface area contributed by atoms with Crippen molar-refractivity contribution in [1.29, 1.82) is 0 Å². The lowest BCUT2D eigenvalue weighted by Crippen LogP contribution is -2.50. The average Bonchev–Trinajstić information content (AvgIpc) is 3.36. The van der Waals surface area contributed by atoms with Crippen LogP contribution >= 0.6 is 11.3 Å². The molecule has 144 valence electrons. The van der Waals surface area contributed by atoms with Crippen molar-refractivity contribution in [2.45, 2.75) is 25.0 Å². The van der Waals surface area contributed by atoms with Crippen LogP contribution in [0.4, 0.5) is 9.18 Å². The number of halogens is 1. The Morgan fingerprint density at radius 2 is 2.11 bits per heavy atom. The maximum Gasteiger partial charge on any atom is 0.315 e. The molecule has 3 heterocycles. The molecule has 2 aliphatic rings. The molecule has 28 heavy (non-hydrogen) atoms. The quantitative estimate of drug-likeness (QED) is 0.729. The normalized spacial score (nSPS) is 21.5. The molecule has 3 aromatic rings. The van der Waals surface area contributed by atoms with E-state index in [9.17, 15) is 9.18 Å². The number of hydrogen-bond donors (Lipinski definition) is 1. The molecular formula is C20H19FN4O2S. The lowest BCUT2D eigenvalue weighted by atomic mass is 10.1. The number of fused-ring (bicyclic) bond motifs is 3. The van der Waals surface area contributed by atoms with Gasteiger partial charge in [0, 0.05) is 43.3 Å². The number of nitrogens with zero attached hydrogens (tertiary/aromatic N) is 3. The molecule has 2 aromatic carbocycles. The predicted octanol–water partition coefficient (Wildman–Crippen LogP) is 3.56. The molecule has 2 atom stereocenters. The van der Waals surface area contributed by atoms with E-state index in [0.717, 1.165) is 23.2 Å². The van der Waals surface area contributed by atoms with Crippen LogP contribution in [0.25, 0.3) is 10.2 Å². The van der Waals surface area contributed by atoms with E-state index in [1.165, 1.54) is 17.4 Å². The zero-order valence-electron chi connectivity index (χ0n) is 15.0. The van der Waals surface area contributed by atoms with E-state index in [0.29, 0.717) is 29.6 Å². The number of urea groups is 1. The van der Waals surface area contributed by atoms with E-state index >= 15 is 0 Å². The summed E-state index contributed by atoms with van der Waals surface area (Å²) in [6, 6.07) is 12.7. The second-order valence-corrected chi connectivity index (χ2v) is 8.26. The molecule has 2 aliphatic heterocycles. The Kier molecular flexibility index (Phi) is 4.17. The molecule has 5 rings (SSSR count). The van der Waals surface area contributed by atoms with E-state index in [1.54, 1.807) is 17.0 Å². The summed E-state index contributed by atoms with van der Waals surface area (Å²) in [5, 5.41) is 0.497. The first kappa shape index (κ1) is 17.4. The van der Waals surface area contributed by atoms with Crippen LogP contribution < -0.4 is 10.5 Å². The fourth-order valence-corrected chi connectivity index (χ4v) is 4.98. The molecule has 1 aromatic heterocycles. The molecule has 8 heteroatoms. The highest BCUT2D eigenvalue weighted by Crippen LogP contribution is 2.34. The van der Waals surface area contributed by atoms with Crippen molar-refractivity contribution in [2.75, 3.05) is 13.1 Å². The number of amides is 2. The largest absolute Gasteiger partial charge is 0.431 e. The summed E-state index contributed by atoms with van der Waals surface area (Å²) in [7, 11) is 0. The van der Waals surface area contributed by atoms with Gasteiger partial charge in [0.2, 0.25) is 0 Å². The lowest BCUT2D eigenvalue weighted by Gasteiger charge is -2.33. The highest BCUT2D eigenvalue weighted by molar-refractivity contribution is 7.20. The number of benzene rings is 2. The van der Waals surface area contributed by atoms with Gasteiger partial charge in [-0.1, -0.05) is 29.5 Å². The number of ether oxygens (including phenoxy) is 1. The number of carbonyl (C=O) groups excluding carboxylic acids is 1. The van der Waals surface area contributed by atoms with E-state index < -0.39 is 0 Å². The third kappa shape index (κ3) is 3.08. The Morgan fingerprint density at radius 3 is 2.82 bits per heavy atom. The number of piperazine rings is 1. The van der Waals surface area contributed by atoms with Crippen molar-refractivity contribution in [1.82, 2.24) is 14.8 Å². The number of nitrogens with two attached hydrogens (primary N) is 1. The monoisotopic (exact) mass is 398 g/mol. The number of likely N-dealkylation sites (tertiary alicyclic amines) is 2. The number of para-hydroxylation sites is 1. The minimum atomic E-state index is -0.366. The average molecular weight is 398 g/mol. The summed E-state index contributed by atoms with van der Waals surface area (Å²) in [6.07, 6.45) is 0.906. The van der Waals surface area contributed by atoms with Crippen molar-refractivity contribution in [3.8, 4) is 10.9 Å². The van der Waals surface area contributed by atoms with Gasteiger partial charge in [0.25, 0.3) is 5.19 Å². The summed E-state index contributed by atoms with van der Waals surface area (Å²) in [6.45, 7) is 1.87. The topological polar surface area (TPSA) is 71.7 Å². The van der Waals surface area contributed by atoms with Crippen molar-refractivity contribution in [2.24, 2.45) is 5.73 Å². The summed E-state index contributed by atoms with van der Waals surface area (Å²) in [5.41, 5.74) is 6.89. The lowest BCUT2D eigenvalue weighted by molar-refractivity contribution is 0.136. The van der Waals surface area contributed by atoms with Crippen molar-refractivity contribution in [3.05, 3.63) is 53.8 Å². The van der Waals surface area contributed by atoms with Gasteiger partial charge in [0.15, 0.2) is 0 Å². The molecular weight excluding hydrogens is 379 g/mol. The Hall–Kier alpha value is -2.71. The van der Waals surface area contributed by atoms with Gasteiger partial charge in [-0.15, -0.1) is 0 Å². The van der Waals surface area contributed by atoms with Crippen molar-refractivity contribution >= 4 is 27.6 Å². The molecule has 2 fully saturated rings. The van der Waals surface area contributed by atoms with Crippen LogP contribution in [0.1, 0.15) is 12.0 Å². The number of thiazole rings is 1. The van der Waals surface area contributed by atoms with Crippen molar-refractivity contribution in [3.63, 3.8) is 0 Å². The SMILES string of the molecule is NC(=O)N1C[C@H]2C[C@H]1CN2Cc1ccc(Oc2nc3ccccc3s2)cc1F. The second-order valence-electron chi connectivity index (χ2n) is 7.27. The first-order chi connectivity index (χ1) is 13.6. The van der Waals surface area contributed by atoms with Crippen molar-refractivity contribution < 1.29 is 13.9 Å². The van der Waals surface area contributed by atoms with E-state index in [4.69, 9.17) is 10.5 Å². The summed E-state index contributed by atoms with van der Waals surface area (Å²) < 4.78 is 21.4. The van der Waals surface area contributed by atoms with Gasteiger partial charge in [-0.3, -0.25) is 4.90 Å². The summed E-state index contributed by atoms with van der Waals surface area (Å²) in [4.78, 5) is 19.8. The van der Waals surface area contributed by atoms with Crippen LogP contribution in [0, 0.1) is 5.82 Å². The fourth-order valence-electron chi connectivity index (χ4n) is 4.15. The molecule has 0 saturated carbocycles. The first-order valence-electron chi connectivity index (χ1n) is 9.19. The standard InChI is InChI=1S/C20H19FN4O2S/c21-16-8-15(27-20-23-17-3-1-2-4-18(17)28-20)6-5-12(16)9-24-10-14-7-13(24)11-25(14)19(22)26/h1-6,8,13-14H,7,9-11H2,(H2,22,26)/t13-,14+/m1/s1. The van der Waals surface area contributed by atoms with Crippen LogP contribution in [0.2, 0.25) is 0 Å². The smallest absolute Gasteiger partial charge is 0.315 e. The number of carbonyl (C=O) groups is 1. The summed E-state index contributed by atoms with van der Waals surface area (Å²) >= 11 is 1.43. The Balaban J connectivity index is 1.27. The predicted molar refractivity (Wildman–Crippen MR) is 105 cm³/mol. The molecule has 2 amide bonds. The minimum absolute atomic E-state index is 0.146. The third-order valence-electron chi connectivity index (χ3n) is 5.51. The van der Waals surface area contributed by atoms with Gasteiger partial charge < -0.3 is 15.4 Å². The van der Waals surface area contributed by atoms with Gasteiger partial charge in [-0.05, 0) is 24.6 Å². The molecule has 0 aliphatic carbocycles. The number of primary amides is 1. The van der Waals surface area contributed by atoms with E-state index in [-0.39, 0.29) is 23.9 Å². The maximum atomic E-state index is 14.6. The number of rotatable bonds is 4. The van der Waals surface area contributed by atoms with Gasteiger partial charge in [0.1, 0.15) is 11.6 Å². The highest BCUT2D eigenvalue weighted by atomic mass is 32.1. The fraction of sp³-hybridized carbons (Fsp3) is 0.300. The van der Waals surface area contributed by atoms with Crippen LogP contribution in [0.15, 0.2) is 42.5 Å². The minimum Gasteiger partial charge on any atom is -0.431 e. The molecule has 6 nitrogen and oxygen atoms in total. The first-order valence-corrected chi connectivity index (χ1v) is 10.0. The zero-order valence-corrected chi connectivity index (χ0v) is 15.9. The van der Waals surface area contributed by atoms with Crippen LogP contribution in [-0.2, 0) is 6.54 Å². The maximum absolute atomic E-state index is 14.6. The Bertz CT molecular complexity index is 1020. The number of hydrogen-bond acceptors (Lipinski definition) is 5. The second kappa shape index (κ2) is 6.72. The molecule has 2 bridgehead atoms. The Labute approximate surface area is 165 Å². The van der Waals surface area contributed by atoms with Crippen LogP contribution in [-0.4, -0.2) is 46.0 Å². The molecule has 0 unspecified atom stereocenters. The zero-order chi connectivity index (χ0) is 19.3. The van der Waals surface area contributed by atoms with Crippen LogP contribution in [0.5, 0.6) is 10.9 Å². The van der Waals surface area contributed by atoms with Gasteiger partial charge in [-0.2, -0.15) is 0 Å². The van der Waals surface area contributed by atoms with Gasteiger partial charge in [0.05, 0.1) is 10.2 Å². The van der Waals surface area contributed by atoms with Crippen LogP contribution in [0.3, 0.4) is 0 Å². The molecule has 0 radical (unpaired) electrons.